The van der Waals surface area contributed by atoms with Crippen molar-refractivity contribution in [1.82, 2.24) is 4.90 Å². The first-order chi connectivity index (χ1) is 11.5. The van der Waals surface area contributed by atoms with Gasteiger partial charge in [0.1, 0.15) is 5.75 Å². The zero-order chi connectivity index (χ0) is 17.2. The molecule has 5 nitrogen and oxygen atoms in total. The van der Waals surface area contributed by atoms with Gasteiger partial charge in [-0.15, -0.1) is 0 Å². The highest BCUT2D eigenvalue weighted by Crippen LogP contribution is 2.29. The molecule has 1 saturated carbocycles. The molecule has 1 aliphatic heterocycles. The molecule has 2 fully saturated rings. The number of amides is 1. The Kier molecular flexibility index (Phi) is 5.13. The highest BCUT2D eigenvalue weighted by atomic mass is 32.2. The molecule has 1 heterocycles. The van der Waals surface area contributed by atoms with Crippen LogP contribution in [0.3, 0.4) is 0 Å². The average molecular weight is 351 g/mol. The number of hydrogen-bond acceptors (Lipinski definition) is 4. The smallest absolute Gasteiger partial charge is 0.227 e. The summed E-state index contributed by atoms with van der Waals surface area (Å²) in [6.45, 7) is 0. The summed E-state index contributed by atoms with van der Waals surface area (Å²) in [6, 6.07) is 7.55. The van der Waals surface area contributed by atoms with Crippen LogP contribution >= 0.6 is 0 Å². The van der Waals surface area contributed by atoms with Crippen molar-refractivity contribution < 1.29 is 17.9 Å². The van der Waals surface area contributed by atoms with Gasteiger partial charge in [-0.2, -0.15) is 0 Å². The Bertz CT molecular complexity index is 677. The first kappa shape index (κ1) is 17.3. The summed E-state index contributed by atoms with van der Waals surface area (Å²) in [4.78, 5) is 14.9. The van der Waals surface area contributed by atoms with E-state index in [1.807, 2.05) is 29.2 Å². The van der Waals surface area contributed by atoms with Crippen LogP contribution in [-0.2, 0) is 21.1 Å². The molecule has 24 heavy (non-hydrogen) atoms. The van der Waals surface area contributed by atoms with Crippen molar-refractivity contribution in [3.05, 3.63) is 29.8 Å². The summed E-state index contributed by atoms with van der Waals surface area (Å²) in [6.07, 6.45) is 5.12. The Balaban J connectivity index is 1.75. The molecular weight excluding hydrogens is 326 g/mol. The average Bonchev–Trinajstić information content (AvgIpc) is 3.18. The van der Waals surface area contributed by atoms with Crippen LogP contribution in [0.5, 0.6) is 5.75 Å². The van der Waals surface area contributed by atoms with E-state index in [1.165, 1.54) is 0 Å². The maximum Gasteiger partial charge on any atom is 0.227 e. The second-order valence-corrected chi connectivity index (χ2v) is 9.05. The van der Waals surface area contributed by atoms with Crippen LogP contribution in [0.4, 0.5) is 0 Å². The molecule has 0 radical (unpaired) electrons. The van der Waals surface area contributed by atoms with Crippen molar-refractivity contribution in [3.63, 3.8) is 0 Å². The maximum absolute atomic E-state index is 13.0. The Hall–Kier alpha value is -1.56. The monoisotopic (exact) mass is 351 g/mol. The fraction of sp³-hybridized carbons (Fsp3) is 0.611. The standard InChI is InChI=1S/C18H25NO4S/c1-23-17-8-6-14(7-9-17)12-18(20)19(15-4-2-3-5-15)16-10-11-24(21,22)13-16/h6-9,15-16H,2-5,10-13H2,1H3/t16-/m1/s1. The molecule has 6 heteroatoms. The van der Waals surface area contributed by atoms with Gasteiger partial charge >= 0.3 is 0 Å². The van der Waals surface area contributed by atoms with Gasteiger partial charge in [-0.25, -0.2) is 8.42 Å². The molecular formula is C18H25NO4S. The van der Waals surface area contributed by atoms with Gasteiger partial charge in [-0.1, -0.05) is 25.0 Å². The molecule has 0 spiro atoms. The van der Waals surface area contributed by atoms with E-state index in [1.54, 1.807) is 7.11 Å². The Labute approximate surface area is 143 Å². The van der Waals surface area contributed by atoms with E-state index in [2.05, 4.69) is 0 Å². The number of ether oxygens (including phenoxy) is 1. The van der Waals surface area contributed by atoms with Gasteiger partial charge in [0, 0.05) is 12.1 Å². The summed E-state index contributed by atoms with van der Waals surface area (Å²) in [5.74, 6) is 1.14. The van der Waals surface area contributed by atoms with Crippen molar-refractivity contribution in [1.29, 1.82) is 0 Å². The molecule has 0 N–H and O–H groups in total. The van der Waals surface area contributed by atoms with Crippen LogP contribution in [0.1, 0.15) is 37.7 Å². The summed E-state index contributed by atoms with van der Waals surface area (Å²) < 4.78 is 28.9. The number of methoxy groups -OCH3 is 1. The summed E-state index contributed by atoms with van der Waals surface area (Å²) in [5, 5.41) is 0. The van der Waals surface area contributed by atoms with Crippen LogP contribution < -0.4 is 4.74 Å². The van der Waals surface area contributed by atoms with Crippen LogP contribution in [-0.4, -0.2) is 49.9 Å². The Morgan fingerprint density at radius 1 is 1.12 bits per heavy atom. The number of carbonyl (C=O) groups excluding carboxylic acids is 1. The number of carbonyl (C=O) groups is 1. The number of rotatable bonds is 5. The van der Waals surface area contributed by atoms with Crippen molar-refractivity contribution >= 4 is 15.7 Å². The minimum absolute atomic E-state index is 0.0502. The summed E-state index contributed by atoms with van der Waals surface area (Å²) in [5.41, 5.74) is 0.935. The minimum atomic E-state index is -3.00. The Morgan fingerprint density at radius 2 is 1.79 bits per heavy atom. The SMILES string of the molecule is COc1ccc(CC(=O)N(C2CCCC2)[C@@H]2CCS(=O)(=O)C2)cc1. The molecule has 1 atom stereocenters. The Morgan fingerprint density at radius 3 is 2.33 bits per heavy atom. The summed E-state index contributed by atoms with van der Waals surface area (Å²) in [7, 11) is -1.38. The zero-order valence-corrected chi connectivity index (χ0v) is 14.9. The van der Waals surface area contributed by atoms with Gasteiger partial charge in [0.05, 0.1) is 25.0 Å². The first-order valence-electron chi connectivity index (χ1n) is 8.63. The molecule has 3 rings (SSSR count). The van der Waals surface area contributed by atoms with E-state index in [9.17, 15) is 13.2 Å². The molecule has 2 aliphatic rings. The van der Waals surface area contributed by atoms with Gasteiger partial charge in [-0.3, -0.25) is 4.79 Å². The van der Waals surface area contributed by atoms with E-state index in [4.69, 9.17) is 4.74 Å². The first-order valence-corrected chi connectivity index (χ1v) is 10.5. The maximum atomic E-state index is 13.0. The van der Waals surface area contributed by atoms with Crippen molar-refractivity contribution in [2.45, 2.75) is 50.6 Å². The highest BCUT2D eigenvalue weighted by Gasteiger charge is 2.38. The normalized spacial score (nSPS) is 23.3. The van der Waals surface area contributed by atoms with E-state index in [0.717, 1.165) is 37.0 Å². The van der Waals surface area contributed by atoms with Crippen molar-refractivity contribution in [2.75, 3.05) is 18.6 Å². The predicted octanol–water partition coefficient (Wildman–Crippen LogP) is 2.20. The molecule has 1 amide bonds. The van der Waals surface area contributed by atoms with Gasteiger partial charge in [0.2, 0.25) is 5.91 Å². The predicted molar refractivity (Wildman–Crippen MR) is 92.9 cm³/mol. The quantitative estimate of drug-likeness (QED) is 0.816. The molecule has 0 bridgehead atoms. The van der Waals surface area contributed by atoms with Crippen molar-refractivity contribution in [2.24, 2.45) is 0 Å². The number of nitrogens with zero attached hydrogens (tertiary/aromatic N) is 1. The second kappa shape index (κ2) is 7.13. The molecule has 1 aromatic rings. The van der Waals surface area contributed by atoms with Gasteiger partial charge in [0.25, 0.3) is 0 Å². The lowest BCUT2D eigenvalue weighted by atomic mass is 10.1. The number of benzene rings is 1. The van der Waals surface area contributed by atoms with E-state index in [0.29, 0.717) is 12.8 Å². The zero-order valence-electron chi connectivity index (χ0n) is 14.1. The second-order valence-electron chi connectivity index (χ2n) is 6.82. The number of hydrogen-bond donors (Lipinski definition) is 0. The topological polar surface area (TPSA) is 63.7 Å². The molecule has 1 aromatic carbocycles. The van der Waals surface area contributed by atoms with Gasteiger partial charge < -0.3 is 9.64 Å². The van der Waals surface area contributed by atoms with E-state index < -0.39 is 9.84 Å². The molecule has 1 aliphatic carbocycles. The molecule has 132 valence electrons. The van der Waals surface area contributed by atoms with Crippen LogP contribution in [0, 0.1) is 0 Å². The molecule has 0 aromatic heterocycles. The third kappa shape index (κ3) is 3.91. The largest absolute Gasteiger partial charge is 0.497 e. The van der Waals surface area contributed by atoms with Gasteiger partial charge in [0.15, 0.2) is 9.84 Å². The van der Waals surface area contributed by atoms with Crippen LogP contribution in [0.15, 0.2) is 24.3 Å². The fourth-order valence-electron chi connectivity index (χ4n) is 3.89. The van der Waals surface area contributed by atoms with Crippen LogP contribution in [0.25, 0.3) is 0 Å². The lowest BCUT2D eigenvalue weighted by molar-refractivity contribution is -0.134. The molecule has 1 saturated heterocycles. The minimum Gasteiger partial charge on any atom is -0.497 e. The summed E-state index contributed by atoms with van der Waals surface area (Å²) >= 11 is 0. The van der Waals surface area contributed by atoms with E-state index >= 15 is 0 Å². The fourth-order valence-corrected chi connectivity index (χ4v) is 5.60. The number of sulfone groups is 1. The van der Waals surface area contributed by atoms with Gasteiger partial charge in [-0.05, 0) is 37.0 Å². The van der Waals surface area contributed by atoms with E-state index in [-0.39, 0.29) is 29.5 Å². The third-order valence-corrected chi connectivity index (χ3v) is 6.87. The lowest BCUT2D eigenvalue weighted by Gasteiger charge is -2.34. The van der Waals surface area contributed by atoms with Crippen LogP contribution in [0.2, 0.25) is 0 Å². The highest BCUT2D eigenvalue weighted by molar-refractivity contribution is 7.91. The van der Waals surface area contributed by atoms with Crippen molar-refractivity contribution in [3.8, 4) is 5.75 Å². The third-order valence-electron chi connectivity index (χ3n) is 5.12. The molecule has 0 unspecified atom stereocenters. The lowest BCUT2D eigenvalue weighted by Crippen LogP contribution is -2.47.